The van der Waals surface area contributed by atoms with Gasteiger partial charge in [0, 0.05) is 32.6 Å². The zero-order valence-electron chi connectivity index (χ0n) is 13.1. The Kier molecular flexibility index (Phi) is 5.76. The first-order valence-electron chi connectivity index (χ1n) is 7.52. The van der Waals surface area contributed by atoms with Crippen molar-refractivity contribution in [1.82, 2.24) is 14.5 Å². The monoisotopic (exact) mass is 295 g/mol. The maximum absolute atomic E-state index is 12.5. The summed E-state index contributed by atoms with van der Waals surface area (Å²) in [6.07, 6.45) is 5.62. The summed E-state index contributed by atoms with van der Waals surface area (Å²) >= 11 is 0. The first-order valence-corrected chi connectivity index (χ1v) is 7.52. The number of methoxy groups -OCH3 is 1. The number of rotatable bonds is 6. The van der Waals surface area contributed by atoms with Crippen LogP contribution in [0.25, 0.3) is 0 Å². The Balaban J connectivity index is 1.82. The van der Waals surface area contributed by atoms with Crippen molar-refractivity contribution in [2.45, 2.75) is 38.8 Å². The van der Waals surface area contributed by atoms with Gasteiger partial charge in [0.25, 0.3) is 0 Å². The minimum atomic E-state index is -0.196. The van der Waals surface area contributed by atoms with E-state index in [1.165, 1.54) is 0 Å². The van der Waals surface area contributed by atoms with Crippen LogP contribution in [0.15, 0.2) is 12.4 Å². The lowest BCUT2D eigenvalue weighted by Gasteiger charge is -2.33. The van der Waals surface area contributed by atoms with E-state index >= 15 is 0 Å². The second-order valence-electron chi connectivity index (χ2n) is 5.45. The van der Waals surface area contributed by atoms with Crippen molar-refractivity contribution in [2.24, 2.45) is 0 Å². The van der Waals surface area contributed by atoms with Crippen LogP contribution in [0, 0.1) is 6.92 Å². The van der Waals surface area contributed by atoms with Gasteiger partial charge in [0.15, 0.2) is 0 Å². The van der Waals surface area contributed by atoms with Gasteiger partial charge in [0.05, 0.1) is 19.3 Å². The molecular weight excluding hydrogens is 270 g/mol. The molecule has 1 fully saturated rings. The van der Waals surface area contributed by atoms with Crippen molar-refractivity contribution in [3.63, 3.8) is 0 Å². The van der Waals surface area contributed by atoms with Crippen molar-refractivity contribution < 1.29 is 14.3 Å². The summed E-state index contributed by atoms with van der Waals surface area (Å²) in [7, 11) is 1.67. The number of hydrogen-bond acceptors (Lipinski definition) is 4. The SMILES string of the molecule is COCCOC1CCN(C(=O)[C@@H](C)n2ccnc2C)CC1. The maximum atomic E-state index is 12.5. The molecule has 0 unspecified atom stereocenters. The molecule has 1 aliphatic heterocycles. The van der Waals surface area contributed by atoms with Crippen molar-refractivity contribution in [2.75, 3.05) is 33.4 Å². The van der Waals surface area contributed by atoms with Crippen LogP contribution in [0.2, 0.25) is 0 Å². The number of imidazole rings is 1. The molecular formula is C15H25N3O3. The molecule has 21 heavy (non-hydrogen) atoms. The molecule has 0 radical (unpaired) electrons. The number of hydrogen-bond donors (Lipinski definition) is 0. The third-order valence-corrected chi connectivity index (χ3v) is 4.03. The highest BCUT2D eigenvalue weighted by atomic mass is 16.5. The summed E-state index contributed by atoms with van der Waals surface area (Å²) < 4.78 is 12.6. The zero-order valence-corrected chi connectivity index (χ0v) is 13.1. The predicted molar refractivity (Wildman–Crippen MR) is 79.1 cm³/mol. The smallest absolute Gasteiger partial charge is 0.245 e. The highest BCUT2D eigenvalue weighted by Crippen LogP contribution is 2.18. The molecule has 0 saturated carbocycles. The average molecular weight is 295 g/mol. The number of piperidine rings is 1. The molecule has 0 aromatic carbocycles. The van der Waals surface area contributed by atoms with E-state index in [2.05, 4.69) is 4.98 Å². The van der Waals surface area contributed by atoms with Gasteiger partial charge >= 0.3 is 0 Å². The molecule has 0 N–H and O–H groups in total. The van der Waals surface area contributed by atoms with Gasteiger partial charge in [-0.3, -0.25) is 4.79 Å². The molecule has 1 amide bonds. The van der Waals surface area contributed by atoms with Crippen molar-refractivity contribution in [1.29, 1.82) is 0 Å². The Bertz CT molecular complexity index is 453. The molecule has 0 aliphatic carbocycles. The lowest BCUT2D eigenvalue weighted by molar-refractivity contribution is -0.137. The molecule has 6 nitrogen and oxygen atoms in total. The average Bonchev–Trinajstić information content (AvgIpc) is 2.93. The van der Waals surface area contributed by atoms with Crippen LogP contribution in [-0.2, 0) is 14.3 Å². The summed E-state index contributed by atoms with van der Waals surface area (Å²) in [6.45, 7) is 6.61. The number of aromatic nitrogens is 2. The Morgan fingerprint density at radius 2 is 2.14 bits per heavy atom. The molecule has 1 atom stereocenters. The van der Waals surface area contributed by atoms with Crippen molar-refractivity contribution in [3.05, 3.63) is 18.2 Å². The van der Waals surface area contributed by atoms with Crippen LogP contribution < -0.4 is 0 Å². The normalized spacial score (nSPS) is 18.0. The second kappa shape index (κ2) is 7.56. The van der Waals surface area contributed by atoms with E-state index in [0.717, 1.165) is 31.8 Å². The number of carbonyl (C=O) groups is 1. The van der Waals surface area contributed by atoms with Crippen LogP contribution in [0.4, 0.5) is 0 Å². The number of amides is 1. The minimum absolute atomic E-state index is 0.159. The van der Waals surface area contributed by atoms with Gasteiger partial charge in [-0.25, -0.2) is 4.98 Å². The summed E-state index contributed by atoms with van der Waals surface area (Å²) in [5.41, 5.74) is 0. The Morgan fingerprint density at radius 1 is 1.43 bits per heavy atom. The van der Waals surface area contributed by atoms with E-state index < -0.39 is 0 Å². The first kappa shape index (κ1) is 16.0. The fourth-order valence-electron chi connectivity index (χ4n) is 2.72. The number of carbonyl (C=O) groups excluding carboxylic acids is 1. The Labute approximate surface area is 126 Å². The molecule has 0 spiro atoms. The third-order valence-electron chi connectivity index (χ3n) is 4.03. The van der Waals surface area contributed by atoms with E-state index in [1.54, 1.807) is 13.3 Å². The number of aryl methyl sites for hydroxylation is 1. The van der Waals surface area contributed by atoms with Crippen LogP contribution in [0.1, 0.15) is 31.6 Å². The fourth-order valence-corrected chi connectivity index (χ4v) is 2.72. The van der Waals surface area contributed by atoms with E-state index in [1.807, 2.05) is 29.5 Å². The molecule has 0 bridgehead atoms. The Hall–Kier alpha value is -1.40. The van der Waals surface area contributed by atoms with Gasteiger partial charge in [-0.15, -0.1) is 0 Å². The standard InChI is InChI=1S/C15H25N3O3/c1-12(18-9-6-16-13(18)2)15(19)17-7-4-14(5-8-17)21-11-10-20-3/h6,9,12,14H,4-5,7-8,10-11H2,1-3H3/t12-/m1/s1. The third kappa shape index (κ3) is 4.04. The van der Waals surface area contributed by atoms with Crippen molar-refractivity contribution in [3.8, 4) is 0 Å². The van der Waals surface area contributed by atoms with Crippen LogP contribution in [0.5, 0.6) is 0 Å². The quantitative estimate of drug-likeness (QED) is 0.745. The highest BCUT2D eigenvalue weighted by Gasteiger charge is 2.27. The summed E-state index contributed by atoms with van der Waals surface area (Å²) in [5.74, 6) is 1.03. The zero-order chi connectivity index (χ0) is 15.2. The molecule has 2 rings (SSSR count). The highest BCUT2D eigenvalue weighted by molar-refractivity contribution is 5.80. The molecule has 1 aromatic rings. The number of nitrogens with zero attached hydrogens (tertiary/aromatic N) is 3. The van der Waals surface area contributed by atoms with Crippen molar-refractivity contribution >= 4 is 5.91 Å². The predicted octanol–water partition coefficient (Wildman–Crippen LogP) is 1.41. The lowest BCUT2D eigenvalue weighted by atomic mass is 10.1. The van der Waals surface area contributed by atoms with Gasteiger partial charge in [-0.2, -0.15) is 0 Å². The Morgan fingerprint density at radius 3 is 2.71 bits per heavy atom. The molecule has 1 aromatic heterocycles. The van der Waals surface area contributed by atoms with E-state index in [-0.39, 0.29) is 18.1 Å². The van der Waals surface area contributed by atoms with E-state index in [4.69, 9.17) is 9.47 Å². The largest absolute Gasteiger partial charge is 0.382 e. The summed E-state index contributed by atoms with van der Waals surface area (Å²) in [4.78, 5) is 18.6. The minimum Gasteiger partial charge on any atom is -0.382 e. The molecule has 2 heterocycles. The fraction of sp³-hybridized carbons (Fsp3) is 0.733. The van der Waals surface area contributed by atoms with E-state index in [9.17, 15) is 4.79 Å². The van der Waals surface area contributed by atoms with Gasteiger partial charge in [0.2, 0.25) is 5.91 Å². The van der Waals surface area contributed by atoms with Gasteiger partial charge < -0.3 is 18.9 Å². The van der Waals surface area contributed by atoms with Gasteiger partial charge in [-0.05, 0) is 26.7 Å². The second-order valence-corrected chi connectivity index (χ2v) is 5.45. The van der Waals surface area contributed by atoms with Crippen LogP contribution in [-0.4, -0.2) is 59.9 Å². The first-order chi connectivity index (χ1) is 10.1. The topological polar surface area (TPSA) is 56.6 Å². The number of likely N-dealkylation sites (tertiary alicyclic amines) is 1. The van der Waals surface area contributed by atoms with Gasteiger partial charge in [0.1, 0.15) is 11.9 Å². The van der Waals surface area contributed by atoms with Crippen LogP contribution in [0.3, 0.4) is 0 Å². The molecule has 6 heteroatoms. The summed E-state index contributed by atoms with van der Waals surface area (Å²) in [6, 6.07) is -0.196. The van der Waals surface area contributed by atoms with Gasteiger partial charge in [-0.1, -0.05) is 0 Å². The van der Waals surface area contributed by atoms with Crippen LogP contribution >= 0.6 is 0 Å². The molecule has 1 aliphatic rings. The van der Waals surface area contributed by atoms with E-state index in [0.29, 0.717) is 13.2 Å². The molecule has 118 valence electrons. The summed E-state index contributed by atoms with van der Waals surface area (Å²) in [5, 5.41) is 0. The number of ether oxygens (including phenoxy) is 2. The molecule has 1 saturated heterocycles. The lowest BCUT2D eigenvalue weighted by Crippen LogP contribution is -2.43. The maximum Gasteiger partial charge on any atom is 0.245 e.